The molecule has 0 saturated heterocycles. The van der Waals surface area contributed by atoms with E-state index < -0.39 is 0 Å². The Morgan fingerprint density at radius 2 is 2.06 bits per heavy atom. The normalized spacial score (nSPS) is 19.6. The summed E-state index contributed by atoms with van der Waals surface area (Å²) in [5, 5.41) is 3.16. The van der Waals surface area contributed by atoms with Crippen LogP contribution in [0, 0.1) is 0 Å². The maximum absolute atomic E-state index is 12.1. The number of amides is 1. The van der Waals surface area contributed by atoms with E-state index in [4.69, 9.17) is 0 Å². The van der Waals surface area contributed by atoms with Gasteiger partial charge >= 0.3 is 0 Å². The third kappa shape index (κ3) is 3.32. The molecule has 0 aromatic carbocycles. The highest BCUT2D eigenvalue weighted by molar-refractivity contribution is 5.80. The van der Waals surface area contributed by atoms with E-state index in [-0.39, 0.29) is 11.9 Å². The number of hydrogen-bond acceptors (Lipinski definition) is 2. The van der Waals surface area contributed by atoms with E-state index in [0.717, 1.165) is 12.8 Å². The van der Waals surface area contributed by atoms with Crippen molar-refractivity contribution in [1.82, 2.24) is 14.9 Å². The second-order valence-electron chi connectivity index (χ2n) is 4.88. The first-order valence-electron chi connectivity index (χ1n) is 6.55. The summed E-state index contributed by atoms with van der Waals surface area (Å²) in [6, 6.07) is 0.205. The topological polar surface area (TPSA) is 46.9 Å². The summed E-state index contributed by atoms with van der Waals surface area (Å²) in [6.45, 7) is 1.91. The van der Waals surface area contributed by atoms with Crippen LogP contribution in [0.25, 0.3) is 0 Å². The summed E-state index contributed by atoms with van der Waals surface area (Å²) in [7, 11) is 0. The SMILES string of the molecule is CC(C(=O)NC1CCCCCC1)n1ccnc1. The van der Waals surface area contributed by atoms with E-state index in [0.29, 0.717) is 6.04 Å². The Bertz CT molecular complexity index is 340. The highest BCUT2D eigenvalue weighted by Crippen LogP contribution is 2.18. The van der Waals surface area contributed by atoms with E-state index >= 15 is 0 Å². The molecule has 1 aromatic rings. The van der Waals surface area contributed by atoms with Crippen LogP contribution in [0.1, 0.15) is 51.5 Å². The van der Waals surface area contributed by atoms with Gasteiger partial charge in [-0.25, -0.2) is 4.98 Å². The maximum Gasteiger partial charge on any atom is 0.243 e. The van der Waals surface area contributed by atoms with Crippen LogP contribution >= 0.6 is 0 Å². The van der Waals surface area contributed by atoms with E-state index in [9.17, 15) is 4.79 Å². The molecule has 4 heteroatoms. The summed E-state index contributed by atoms with van der Waals surface area (Å²) >= 11 is 0. The molecule has 0 radical (unpaired) electrons. The predicted molar refractivity (Wildman–Crippen MR) is 66.6 cm³/mol. The number of imidazole rings is 1. The number of aromatic nitrogens is 2. The van der Waals surface area contributed by atoms with Crippen LogP contribution in [0.15, 0.2) is 18.7 Å². The van der Waals surface area contributed by atoms with Crippen LogP contribution in [-0.4, -0.2) is 21.5 Å². The first kappa shape index (κ1) is 12.1. The van der Waals surface area contributed by atoms with Crippen molar-refractivity contribution in [1.29, 1.82) is 0 Å². The van der Waals surface area contributed by atoms with Crippen LogP contribution in [0.5, 0.6) is 0 Å². The van der Waals surface area contributed by atoms with Crippen LogP contribution in [0.2, 0.25) is 0 Å². The largest absolute Gasteiger partial charge is 0.352 e. The van der Waals surface area contributed by atoms with E-state index in [1.54, 1.807) is 12.5 Å². The third-order valence-electron chi connectivity index (χ3n) is 3.55. The fourth-order valence-corrected chi connectivity index (χ4v) is 2.38. The standard InChI is InChI=1S/C13H21N3O/c1-11(16-9-8-14-10-16)13(17)15-12-6-4-2-3-5-7-12/h8-12H,2-7H2,1H3,(H,15,17). The first-order chi connectivity index (χ1) is 8.27. The van der Waals surface area contributed by atoms with Crippen molar-refractivity contribution in [3.05, 3.63) is 18.7 Å². The number of hydrogen-bond donors (Lipinski definition) is 1. The second kappa shape index (κ2) is 5.84. The lowest BCUT2D eigenvalue weighted by Gasteiger charge is -2.20. The monoisotopic (exact) mass is 235 g/mol. The first-order valence-corrected chi connectivity index (χ1v) is 6.55. The number of rotatable bonds is 3. The Morgan fingerprint density at radius 1 is 1.35 bits per heavy atom. The van der Waals surface area contributed by atoms with Crippen molar-refractivity contribution in [2.45, 2.75) is 57.5 Å². The average molecular weight is 235 g/mol. The van der Waals surface area contributed by atoms with Gasteiger partial charge in [-0.1, -0.05) is 25.7 Å². The number of nitrogens with one attached hydrogen (secondary N) is 1. The zero-order chi connectivity index (χ0) is 12.1. The van der Waals surface area contributed by atoms with Gasteiger partial charge in [-0.15, -0.1) is 0 Å². The fraction of sp³-hybridized carbons (Fsp3) is 0.692. The smallest absolute Gasteiger partial charge is 0.243 e. The molecule has 1 atom stereocenters. The summed E-state index contributed by atoms with van der Waals surface area (Å²) in [4.78, 5) is 16.0. The van der Waals surface area contributed by atoms with Gasteiger partial charge in [-0.3, -0.25) is 4.79 Å². The molecule has 0 spiro atoms. The van der Waals surface area contributed by atoms with Gasteiger partial charge < -0.3 is 9.88 Å². The lowest BCUT2D eigenvalue weighted by atomic mass is 10.1. The van der Waals surface area contributed by atoms with Gasteiger partial charge in [0.15, 0.2) is 0 Å². The number of carbonyl (C=O) groups is 1. The Kier molecular flexibility index (Phi) is 4.18. The van der Waals surface area contributed by atoms with Gasteiger partial charge in [0.25, 0.3) is 0 Å². The van der Waals surface area contributed by atoms with Gasteiger partial charge in [0.2, 0.25) is 5.91 Å². The van der Waals surface area contributed by atoms with Gasteiger partial charge in [0, 0.05) is 18.4 Å². The Labute approximate surface area is 102 Å². The third-order valence-corrected chi connectivity index (χ3v) is 3.55. The van der Waals surface area contributed by atoms with E-state index in [1.165, 1.54) is 25.7 Å². The van der Waals surface area contributed by atoms with Crippen LogP contribution in [-0.2, 0) is 4.79 Å². The minimum absolute atomic E-state index is 0.106. The molecule has 17 heavy (non-hydrogen) atoms. The van der Waals surface area contributed by atoms with Gasteiger partial charge in [-0.05, 0) is 19.8 Å². The average Bonchev–Trinajstić information content (AvgIpc) is 2.74. The summed E-state index contributed by atoms with van der Waals surface area (Å²) < 4.78 is 1.84. The molecule has 1 aliphatic carbocycles. The molecule has 94 valence electrons. The molecule has 2 rings (SSSR count). The number of carbonyl (C=O) groups excluding carboxylic acids is 1. The van der Waals surface area contributed by atoms with Gasteiger partial charge in [0.1, 0.15) is 6.04 Å². The number of nitrogens with zero attached hydrogens (tertiary/aromatic N) is 2. The lowest BCUT2D eigenvalue weighted by Crippen LogP contribution is -2.38. The maximum atomic E-state index is 12.1. The van der Waals surface area contributed by atoms with Crippen molar-refractivity contribution in [3.63, 3.8) is 0 Å². The molecule has 1 aromatic heterocycles. The van der Waals surface area contributed by atoms with Crippen LogP contribution in [0.3, 0.4) is 0 Å². The van der Waals surface area contributed by atoms with Crippen molar-refractivity contribution in [2.24, 2.45) is 0 Å². The minimum Gasteiger partial charge on any atom is -0.352 e. The molecule has 1 heterocycles. The van der Waals surface area contributed by atoms with Gasteiger partial charge in [-0.2, -0.15) is 0 Å². The second-order valence-corrected chi connectivity index (χ2v) is 4.88. The molecule has 1 unspecified atom stereocenters. The Hall–Kier alpha value is -1.32. The highest BCUT2D eigenvalue weighted by Gasteiger charge is 2.19. The molecule has 1 saturated carbocycles. The molecule has 1 N–H and O–H groups in total. The van der Waals surface area contributed by atoms with Crippen molar-refractivity contribution in [2.75, 3.05) is 0 Å². The quantitative estimate of drug-likeness (QED) is 0.817. The van der Waals surface area contributed by atoms with Crippen molar-refractivity contribution in [3.8, 4) is 0 Å². The summed E-state index contributed by atoms with van der Waals surface area (Å²) in [6.07, 6.45) is 12.6. The molecule has 0 bridgehead atoms. The molecule has 1 amide bonds. The Balaban J connectivity index is 1.87. The summed E-state index contributed by atoms with van der Waals surface area (Å²) in [5.74, 6) is 0.106. The molecular weight excluding hydrogens is 214 g/mol. The molecule has 1 aliphatic rings. The minimum atomic E-state index is -0.166. The van der Waals surface area contributed by atoms with Crippen molar-refractivity contribution < 1.29 is 4.79 Å². The molecule has 1 fully saturated rings. The highest BCUT2D eigenvalue weighted by atomic mass is 16.2. The van der Waals surface area contributed by atoms with Crippen LogP contribution < -0.4 is 5.32 Å². The van der Waals surface area contributed by atoms with Gasteiger partial charge in [0.05, 0.1) is 6.33 Å². The fourth-order valence-electron chi connectivity index (χ4n) is 2.38. The molecular formula is C13H21N3O. The van der Waals surface area contributed by atoms with Crippen molar-refractivity contribution >= 4 is 5.91 Å². The summed E-state index contributed by atoms with van der Waals surface area (Å²) in [5.41, 5.74) is 0. The lowest BCUT2D eigenvalue weighted by molar-refractivity contribution is -0.124. The van der Waals surface area contributed by atoms with E-state index in [2.05, 4.69) is 10.3 Å². The zero-order valence-electron chi connectivity index (χ0n) is 10.4. The Morgan fingerprint density at radius 3 is 2.65 bits per heavy atom. The van der Waals surface area contributed by atoms with Crippen LogP contribution in [0.4, 0.5) is 0 Å². The molecule has 4 nitrogen and oxygen atoms in total. The van der Waals surface area contributed by atoms with E-state index in [1.807, 2.05) is 17.7 Å². The predicted octanol–water partition coefficient (Wildman–Crippen LogP) is 2.28. The zero-order valence-corrected chi connectivity index (χ0v) is 10.4. The molecule has 0 aliphatic heterocycles.